The monoisotopic (exact) mass is 120 g/mol. The van der Waals surface area contributed by atoms with Gasteiger partial charge in [0.15, 0.2) is 5.53 Å². The second-order valence-electron chi connectivity index (χ2n) is 1.71. The maximum atomic E-state index is 5.08. The van der Waals surface area contributed by atoms with E-state index in [9.17, 15) is 0 Å². The van der Waals surface area contributed by atoms with Gasteiger partial charge >= 0.3 is 0 Å². The first-order chi connectivity index (χ1) is 3.21. The molecule has 1 atom stereocenters. The molecule has 0 bridgehead atoms. The maximum absolute atomic E-state index is 5.08. The summed E-state index contributed by atoms with van der Waals surface area (Å²) in [7, 11) is 2.49. The molecule has 0 aliphatic carbocycles. The fourth-order valence-corrected chi connectivity index (χ4v) is 0.766. The van der Waals surface area contributed by atoms with Crippen LogP contribution in [0.15, 0.2) is 0 Å². The average molecular weight is 120 g/mol. The van der Waals surface area contributed by atoms with Gasteiger partial charge in [0.1, 0.15) is 0 Å². The van der Waals surface area contributed by atoms with Gasteiger partial charge in [-0.3, -0.25) is 0 Å². The molecular weight excluding hydrogens is 111 g/mol. The van der Waals surface area contributed by atoms with Crippen LogP contribution in [0.4, 0.5) is 0 Å². The molecule has 1 unspecified atom stereocenters. The Hall–Kier alpha value is 0.350. The van der Waals surface area contributed by atoms with Crippen molar-refractivity contribution in [2.24, 2.45) is 0 Å². The van der Waals surface area contributed by atoms with Crippen LogP contribution in [0.2, 0.25) is 0 Å². The third-order valence-electron chi connectivity index (χ3n) is 0.861. The van der Waals surface area contributed by atoms with E-state index in [2.05, 4.69) is 9.24 Å². The molecule has 2 nitrogen and oxygen atoms in total. The zero-order valence-corrected chi connectivity index (χ0v) is 5.46. The first kappa shape index (κ1) is 5.49. The van der Waals surface area contributed by atoms with Crippen LogP contribution in [0, 0.1) is 0 Å². The molecule has 0 aromatic heterocycles. The van der Waals surface area contributed by atoms with Gasteiger partial charge in [0, 0.05) is 0 Å². The molecule has 3 heteroatoms. The van der Waals surface area contributed by atoms with E-state index in [4.69, 9.17) is 9.47 Å². The Morgan fingerprint density at radius 1 is 1.43 bits per heavy atom. The van der Waals surface area contributed by atoms with Gasteiger partial charge in [0.05, 0.1) is 13.2 Å². The summed E-state index contributed by atoms with van der Waals surface area (Å²) in [4.78, 5) is 0. The lowest BCUT2D eigenvalue weighted by Gasteiger charge is -2.13. The van der Waals surface area contributed by atoms with Crippen molar-refractivity contribution in [1.29, 1.82) is 0 Å². The van der Waals surface area contributed by atoms with E-state index >= 15 is 0 Å². The molecule has 0 aromatic rings. The van der Waals surface area contributed by atoms with Crippen molar-refractivity contribution in [3.05, 3.63) is 0 Å². The summed E-state index contributed by atoms with van der Waals surface area (Å²) in [5.41, 5.74) is -0.389. The summed E-state index contributed by atoms with van der Waals surface area (Å²) in [6, 6.07) is 0. The fraction of sp³-hybridized carbons (Fsp3) is 1.00. The van der Waals surface area contributed by atoms with Crippen LogP contribution in [-0.2, 0) is 9.47 Å². The first-order valence-corrected chi connectivity index (χ1v) is 2.85. The van der Waals surface area contributed by atoms with E-state index in [0.717, 1.165) is 13.2 Å². The molecule has 0 aromatic carbocycles. The Bertz CT molecular complexity index is 64.1. The van der Waals surface area contributed by atoms with Crippen molar-refractivity contribution >= 4 is 9.24 Å². The molecule has 0 N–H and O–H groups in total. The number of hydrogen-bond acceptors (Lipinski definition) is 2. The Morgan fingerprint density at radius 3 is 2.00 bits per heavy atom. The Morgan fingerprint density at radius 2 is 1.86 bits per heavy atom. The second-order valence-corrected chi connectivity index (χ2v) is 2.76. The number of ether oxygens (including phenoxy) is 2. The highest BCUT2D eigenvalue weighted by molar-refractivity contribution is 7.18. The van der Waals surface area contributed by atoms with Gasteiger partial charge in [0.25, 0.3) is 0 Å². The fourth-order valence-electron chi connectivity index (χ4n) is 0.530. The van der Waals surface area contributed by atoms with Crippen LogP contribution >= 0.6 is 9.24 Å². The van der Waals surface area contributed by atoms with Gasteiger partial charge in [-0.15, -0.1) is 0 Å². The first-order valence-electron chi connectivity index (χ1n) is 2.27. The predicted octanol–water partition coefficient (Wildman–Crippen LogP) is 0.582. The van der Waals surface area contributed by atoms with Crippen molar-refractivity contribution in [1.82, 2.24) is 0 Å². The van der Waals surface area contributed by atoms with E-state index in [1.807, 2.05) is 6.92 Å². The third-order valence-corrected chi connectivity index (χ3v) is 1.19. The molecule has 1 saturated heterocycles. The highest BCUT2D eigenvalue weighted by Crippen LogP contribution is 2.24. The van der Waals surface area contributed by atoms with E-state index in [1.165, 1.54) is 0 Å². The molecule has 1 fully saturated rings. The van der Waals surface area contributed by atoms with E-state index < -0.39 is 0 Å². The van der Waals surface area contributed by atoms with Crippen LogP contribution in [0.1, 0.15) is 6.92 Å². The van der Waals surface area contributed by atoms with Gasteiger partial charge in [-0.2, -0.15) is 0 Å². The molecular formula is C4H9O2P. The summed E-state index contributed by atoms with van der Waals surface area (Å²) < 4.78 is 10.2. The second kappa shape index (κ2) is 1.70. The molecule has 0 radical (unpaired) electrons. The summed E-state index contributed by atoms with van der Waals surface area (Å²) in [6.07, 6.45) is 0. The molecule has 0 spiro atoms. The molecule has 7 heavy (non-hydrogen) atoms. The SMILES string of the molecule is CC1(P)OCCO1. The molecule has 1 aliphatic heterocycles. The van der Waals surface area contributed by atoms with Crippen LogP contribution in [0.5, 0.6) is 0 Å². The molecule has 1 heterocycles. The van der Waals surface area contributed by atoms with Gasteiger partial charge in [-0.05, 0) is 6.92 Å². The molecule has 42 valence electrons. The lowest BCUT2D eigenvalue weighted by molar-refractivity contribution is -0.0610. The molecule has 1 rings (SSSR count). The quantitative estimate of drug-likeness (QED) is 0.435. The zero-order valence-electron chi connectivity index (χ0n) is 4.31. The Kier molecular flexibility index (Phi) is 1.33. The van der Waals surface area contributed by atoms with Crippen molar-refractivity contribution < 1.29 is 9.47 Å². The highest BCUT2D eigenvalue weighted by atomic mass is 31.0. The van der Waals surface area contributed by atoms with E-state index in [-0.39, 0.29) is 5.53 Å². The summed E-state index contributed by atoms with van der Waals surface area (Å²) in [5, 5.41) is 0. The average Bonchev–Trinajstić information content (AvgIpc) is 1.84. The summed E-state index contributed by atoms with van der Waals surface area (Å²) >= 11 is 0. The highest BCUT2D eigenvalue weighted by Gasteiger charge is 2.23. The normalized spacial score (nSPS) is 28.3. The third kappa shape index (κ3) is 1.37. The lowest BCUT2D eigenvalue weighted by atomic mass is 10.8. The smallest absolute Gasteiger partial charge is 0.178 e. The van der Waals surface area contributed by atoms with Gasteiger partial charge in [-0.25, -0.2) is 0 Å². The Labute approximate surface area is 45.4 Å². The van der Waals surface area contributed by atoms with E-state index in [1.54, 1.807) is 0 Å². The molecule has 0 saturated carbocycles. The van der Waals surface area contributed by atoms with Crippen molar-refractivity contribution in [3.8, 4) is 0 Å². The predicted molar refractivity (Wildman–Crippen MR) is 30.0 cm³/mol. The topological polar surface area (TPSA) is 18.5 Å². The largest absolute Gasteiger partial charge is 0.345 e. The number of rotatable bonds is 0. The minimum Gasteiger partial charge on any atom is -0.345 e. The molecule has 0 amide bonds. The molecule has 1 aliphatic rings. The maximum Gasteiger partial charge on any atom is 0.178 e. The lowest BCUT2D eigenvalue weighted by Crippen LogP contribution is -2.13. The van der Waals surface area contributed by atoms with E-state index in [0.29, 0.717) is 0 Å². The van der Waals surface area contributed by atoms with Crippen molar-refractivity contribution in [2.45, 2.75) is 12.5 Å². The van der Waals surface area contributed by atoms with Gasteiger partial charge in [0.2, 0.25) is 0 Å². The van der Waals surface area contributed by atoms with Crippen LogP contribution in [0.25, 0.3) is 0 Å². The standard InChI is InChI=1S/C4H9O2P/c1-4(7)5-2-3-6-4/h2-3,7H2,1H3. The van der Waals surface area contributed by atoms with Crippen molar-refractivity contribution in [2.75, 3.05) is 13.2 Å². The minimum atomic E-state index is -0.389. The van der Waals surface area contributed by atoms with Gasteiger partial charge in [-0.1, -0.05) is 9.24 Å². The van der Waals surface area contributed by atoms with Crippen molar-refractivity contribution in [3.63, 3.8) is 0 Å². The summed E-state index contributed by atoms with van der Waals surface area (Å²) in [5.74, 6) is 0. The van der Waals surface area contributed by atoms with Gasteiger partial charge < -0.3 is 9.47 Å². The number of hydrogen-bond donors (Lipinski definition) is 0. The Balaban J connectivity index is 2.40. The van der Waals surface area contributed by atoms with Crippen LogP contribution < -0.4 is 0 Å². The minimum absolute atomic E-state index is 0.389. The van der Waals surface area contributed by atoms with Crippen LogP contribution in [-0.4, -0.2) is 18.7 Å². The summed E-state index contributed by atoms with van der Waals surface area (Å²) in [6.45, 7) is 3.32. The zero-order chi connectivity index (χ0) is 5.33. The van der Waals surface area contributed by atoms with Crippen LogP contribution in [0.3, 0.4) is 0 Å².